The van der Waals surface area contributed by atoms with E-state index in [0.29, 0.717) is 17.5 Å². The molecule has 0 spiro atoms. The van der Waals surface area contributed by atoms with Gasteiger partial charge in [-0.1, -0.05) is 164 Å². The van der Waals surface area contributed by atoms with Crippen molar-refractivity contribution in [2.24, 2.45) is 0 Å². The molecule has 0 saturated heterocycles. The Hall–Kier alpha value is -8.41. The standard InChI is InChI=1S/C57H35N5/c1-4-18-36(19-5-1)55-58-56(37-20-6-2-7-21-37)60-57(59-55)49-33-39(32-48-42-26-11-10-24-40(42)41-25-12-13-29-45(41)54(48)49)62-51-31-17-15-28-44(51)47-34-52-46(35-53(47)62)43-27-14-16-30-50(43)61(52)38-22-8-3-9-23-38/h1-35H. The van der Waals surface area contributed by atoms with Gasteiger partial charge in [0, 0.05) is 55.0 Å². The van der Waals surface area contributed by atoms with Gasteiger partial charge in [-0.3, -0.25) is 0 Å². The van der Waals surface area contributed by atoms with Crippen LogP contribution in [0.15, 0.2) is 212 Å². The highest BCUT2D eigenvalue weighted by Gasteiger charge is 2.23. The third-order valence-corrected chi connectivity index (χ3v) is 12.5. The maximum absolute atomic E-state index is 5.36. The predicted molar refractivity (Wildman–Crippen MR) is 257 cm³/mol. The van der Waals surface area contributed by atoms with Gasteiger partial charge >= 0.3 is 0 Å². The molecule has 13 rings (SSSR count). The van der Waals surface area contributed by atoms with Gasteiger partial charge in [0.15, 0.2) is 17.5 Å². The van der Waals surface area contributed by atoms with Gasteiger partial charge in [-0.25, -0.2) is 15.0 Å². The maximum Gasteiger partial charge on any atom is 0.164 e. The minimum Gasteiger partial charge on any atom is -0.309 e. The fourth-order valence-electron chi connectivity index (χ4n) is 9.82. The Kier molecular flexibility index (Phi) is 7.54. The minimum atomic E-state index is 0.624. The fourth-order valence-corrected chi connectivity index (χ4v) is 9.82. The van der Waals surface area contributed by atoms with Gasteiger partial charge < -0.3 is 9.13 Å². The van der Waals surface area contributed by atoms with Gasteiger partial charge in [-0.05, 0) is 75.5 Å². The van der Waals surface area contributed by atoms with Crippen LogP contribution in [0.5, 0.6) is 0 Å². The Morgan fingerprint density at radius 3 is 1.21 bits per heavy atom. The van der Waals surface area contributed by atoms with Crippen molar-refractivity contribution in [2.45, 2.75) is 0 Å². The molecule has 0 aliphatic heterocycles. The number of hydrogen-bond donors (Lipinski definition) is 0. The number of para-hydroxylation sites is 3. The second kappa shape index (κ2) is 13.6. The Morgan fingerprint density at radius 1 is 0.258 bits per heavy atom. The molecule has 3 heterocycles. The zero-order valence-corrected chi connectivity index (χ0v) is 33.4. The molecule has 0 amide bonds. The highest BCUT2D eigenvalue weighted by Crippen LogP contribution is 2.44. The molecule has 0 saturated carbocycles. The van der Waals surface area contributed by atoms with Crippen molar-refractivity contribution in [1.82, 2.24) is 24.1 Å². The van der Waals surface area contributed by atoms with Crippen LogP contribution in [0.1, 0.15) is 0 Å². The first-order valence-corrected chi connectivity index (χ1v) is 21.0. The highest BCUT2D eigenvalue weighted by molar-refractivity contribution is 6.29. The Morgan fingerprint density at radius 2 is 0.661 bits per heavy atom. The molecule has 10 aromatic carbocycles. The normalized spacial score (nSPS) is 11.9. The van der Waals surface area contributed by atoms with Crippen molar-refractivity contribution < 1.29 is 0 Å². The van der Waals surface area contributed by atoms with E-state index in [4.69, 9.17) is 15.0 Å². The number of rotatable bonds is 5. The van der Waals surface area contributed by atoms with Crippen LogP contribution in [-0.2, 0) is 0 Å². The van der Waals surface area contributed by atoms with Crippen molar-refractivity contribution in [3.05, 3.63) is 212 Å². The molecule has 288 valence electrons. The quantitative estimate of drug-likeness (QED) is 0.163. The van der Waals surface area contributed by atoms with E-state index in [2.05, 4.69) is 185 Å². The van der Waals surface area contributed by atoms with E-state index in [-0.39, 0.29) is 0 Å². The van der Waals surface area contributed by atoms with E-state index in [0.717, 1.165) is 55.3 Å². The first-order chi connectivity index (χ1) is 30.8. The lowest BCUT2D eigenvalue weighted by Crippen LogP contribution is -2.02. The van der Waals surface area contributed by atoms with Gasteiger partial charge in [0.2, 0.25) is 0 Å². The number of benzene rings is 10. The molecule has 5 heteroatoms. The zero-order chi connectivity index (χ0) is 40.7. The molecule has 0 unspecified atom stereocenters. The molecule has 0 aliphatic carbocycles. The molecule has 0 fully saturated rings. The van der Waals surface area contributed by atoms with Crippen LogP contribution in [0.2, 0.25) is 0 Å². The van der Waals surface area contributed by atoms with Crippen LogP contribution in [0.25, 0.3) is 121 Å². The third-order valence-electron chi connectivity index (χ3n) is 12.5. The van der Waals surface area contributed by atoms with Crippen LogP contribution in [0.3, 0.4) is 0 Å². The number of hydrogen-bond acceptors (Lipinski definition) is 3. The molecule has 62 heavy (non-hydrogen) atoms. The summed E-state index contributed by atoms with van der Waals surface area (Å²) in [4.78, 5) is 15.8. The second-order valence-corrected chi connectivity index (χ2v) is 16.0. The van der Waals surface area contributed by atoms with E-state index < -0.39 is 0 Å². The van der Waals surface area contributed by atoms with Gasteiger partial charge in [0.05, 0.1) is 22.1 Å². The molecular formula is C57H35N5. The van der Waals surface area contributed by atoms with Crippen LogP contribution >= 0.6 is 0 Å². The molecule has 5 nitrogen and oxygen atoms in total. The summed E-state index contributed by atoms with van der Waals surface area (Å²) < 4.78 is 4.85. The maximum atomic E-state index is 5.36. The lowest BCUT2D eigenvalue weighted by atomic mass is 9.91. The zero-order valence-electron chi connectivity index (χ0n) is 33.4. The van der Waals surface area contributed by atoms with E-state index in [9.17, 15) is 0 Å². The molecule has 0 bridgehead atoms. The molecule has 3 aromatic heterocycles. The summed E-state index contributed by atoms with van der Waals surface area (Å²) in [6, 6.07) is 75.7. The Bertz CT molecular complexity index is 3850. The monoisotopic (exact) mass is 789 g/mol. The van der Waals surface area contributed by atoms with Crippen molar-refractivity contribution in [1.29, 1.82) is 0 Å². The molecule has 0 atom stereocenters. The summed E-state index contributed by atoms with van der Waals surface area (Å²) >= 11 is 0. The van der Waals surface area contributed by atoms with Crippen molar-refractivity contribution in [3.8, 4) is 45.5 Å². The van der Waals surface area contributed by atoms with Crippen molar-refractivity contribution in [2.75, 3.05) is 0 Å². The summed E-state index contributed by atoms with van der Waals surface area (Å²) in [7, 11) is 0. The van der Waals surface area contributed by atoms with Crippen LogP contribution in [-0.4, -0.2) is 24.1 Å². The molecule has 0 radical (unpaired) electrons. The number of aromatic nitrogens is 5. The molecule has 0 aliphatic rings. The molecule has 0 N–H and O–H groups in total. The van der Waals surface area contributed by atoms with E-state index in [1.54, 1.807) is 0 Å². The summed E-state index contributed by atoms with van der Waals surface area (Å²) in [5, 5.41) is 11.8. The number of nitrogens with zero attached hydrogens (tertiary/aromatic N) is 5. The number of fused-ring (bicyclic) bond motifs is 12. The summed E-state index contributed by atoms with van der Waals surface area (Å²) in [6.07, 6.45) is 0. The fraction of sp³-hybridized carbons (Fsp3) is 0. The average molecular weight is 790 g/mol. The Balaban J connectivity index is 1.19. The van der Waals surface area contributed by atoms with E-state index >= 15 is 0 Å². The lowest BCUT2D eigenvalue weighted by Gasteiger charge is -2.18. The molecule has 13 aromatic rings. The molecular weight excluding hydrogens is 755 g/mol. The van der Waals surface area contributed by atoms with Gasteiger partial charge in [0.1, 0.15) is 0 Å². The largest absolute Gasteiger partial charge is 0.309 e. The topological polar surface area (TPSA) is 48.5 Å². The van der Waals surface area contributed by atoms with Crippen LogP contribution in [0, 0.1) is 0 Å². The van der Waals surface area contributed by atoms with E-state index in [1.165, 1.54) is 48.7 Å². The minimum absolute atomic E-state index is 0.624. The first kappa shape index (κ1) is 34.5. The summed E-state index contributed by atoms with van der Waals surface area (Å²) in [5.74, 6) is 1.89. The summed E-state index contributed by atoms with van der Waals surface area (Å²) in [6.45, 7) is 0. The van der Waals surface area contributed by atoms with Gasteiger partial charge in [-0.15, -0.1) is 0 Å². The third kappa shape index (κ3) is 5.18. The highest BCUT2D eigenvalue weighted by atomic mass is 15.0. The van der Waals surface area contributed by atoms with Gasteiger partial charge in [-0.2, -0.15) is 0 Å². The van der Waals surface area contributed by atoms with Crippen molar-refractivity contribution >= 4 is 75.9 Å². The Labute approximate surface area is 356 Å². The van der Waals surface area contributed by atoms with Crippen LogP contribution in [0.4, 0.5) is 0 Å². The van der Waals surface area contributed by atoms with E-state index in [1.807, 2.05) is 36.4 Å². The first-order valence-electron chi connectivity index (χ1n) is 21.0. The smallest absolute Gasteiger partial charge is 0.164 e. The average Bonchev–Trinajstić information content (AvgIpc) is 3.85. The van der Waals surface area contributed by atoms with Crippen molar-refractivity contribution in [3.63, 3.8) is 0 Å². The SMILES string of the molecule is c1ccc(-c2nc(-c3ccccc3)nc(-c3cc(-n4c5ccccc5c5cc6c(cc54)c4ccccc4n6-c4ccccc4)cc4c5ccccc5c5ccccc5c34)n2)cc1. The lowest BCUT2D eigenvalue weighted by molar-refractivity contribution is 1.07. The second-order valence-electron chi connectivity index (χ2n) is 16.0. The van der Waals surface area contributed by atoms with Crippen LogP contribution < -0.4 is 0 Å². The summed E-state index contributed by atoms with van der Waals surface area (Å²) in [5.41, 5.74) is 9.62. The van der Waals surface area contributed by atoms with Gasteiger partial charge in [0.25, 0.3) is 0 Å². The predicted octanol–water partition coefficient (Wildman–Crippen LogP) is 14.5.